The number of nitrogens with zero attached hydrogens (tertiary/aromatic N) is 2. The molecule has 0 bridgehead atoms. The number of hydrogen-bond acceptors (Lipinski definition) is 9. The molecular formula is C32H35N5O8. The third kappa shape index (κ3) is 7.32. The minimum atomic E-state index is -0.780. The number of carbonyl (C=O) groups excluding carboxylic acids is 4. The number of esters is 2. The molecule has 45 heavy (non-hydrogen) atoms. The van der Waals surface area contributed by atoms with Gasteiger partial charge < -0.3 is 34.1 Å². The molecule has 236 valence electrons. The van der Waals surface area contributed by atoms with Crippen LogP contribution in [0.1, 0.15) is 52.8 Å². The van der Waals surface area contributed by atoms with E-state index >= 15 is 0 Å². The zero-order chi connectivity index (χ0) is 32.7. The van der Waals surface area contributed by atoms with Crippen LogP contribution in [0.3, 0.4) is 0 Å². The van der Waals surface area contributed by atoms with E-state index in [-0.39, 0.29) is 24.5 Å². The summed E-state index contributed by atoms with van der Waals surface area (Å²) >= 11 is 0. The Hall–Kier alpha value is -5.59. The second-order valence-electron chi connectivity index (χ2n) is 9.99. The number of aromatic nitrogens is 1. The molecular weight excluding hydrogens is 582 g/mol. The molecule has 3 N–H and O–H groups in total. The lowest BCUT2D eigenvalue weighted by Crippen LogP contribution is -2.45. The van der Waals surface area contributed by atoms with E-state index in [4.69, 9.17) is 18.9 Å². The van der Waals surface area contributed by atoms with Crippen molar-refractivity contribution >= 4 is 30.1 Å². The summed E-state index contributed by atoms with van der Waals surface area (Å²) in [7, 11) is 2.77. The van der Waals surface area contributed by atoms with Gasteiger partial charge in [-0.3, -0.25) is 4.79 Å². The van der Waals surface area contributed by atoms with E-state index in [1.807, 2.05) is 30.5 Å². The summed E-state index contributed by atoms with van der Waals surface area (Å²) in [5, 5.41) is 9.40. The lowest BCUT2D eigenvalue weighted by molar-refractivity contribution is -0.139. The van der Waals surface area contributed by atoms with Gasteiger partial charge in [0.05, 0.1) is 44.2 Å². The Balaban J connectivity index is 1.42. The van der Waals surface area contributed by atoms with Gasteiger partial charge in [0, 0.05) is 28.3 Å². The molecule has 0 saturated heterocycles. The number of urea groups is 1. The van der Waals surface area contributed by atoms with Gasteiger partial charge in [-0.2, -0.15) is 5.10 Å². The van der Waals surface area contributed by atoms with Gasteiger partial charge in [0.25, 0.3) is 5.91 Å². The second-order valence-corrected chi connectivity index (χ2v) is 9.99. The van der Waals surface area contributed by atoms with Crippen LogP contribution in [-0.4, -0.2) is 62.1 Å². The highest BCUT2D eigenvalue weighted by atomic mass is 16.5. The topological polar surface area (TPSA) is 159 Å². The van der Waals surface area contributed by atoms with Crippen LogP contribution in [0.4, 0.5) is 4.79 Å². The van der Waals surface area contributed by atoms with Crippen LogP contribution in [0, 0.1) is 13.8 Å². The van der Waals surface area contributed by atoms with Crippen molar-refractivity contribution in [2.75, 3.05) is 27.4 Å². The van der Waals surface area contributed by atoms with E-state index in [0.29, 0.717) is 22.6 Å². The van der Waals surface area contributed by atoms with Crippen molar-refractivity contribution in [3.05, 3.63) is 87.9 Å². The van der Waals surface area contributed by atoms with Crippen molar-refractivity contribution in [2.45, 2.75) is 33.7 Å². The molecule has 0 aliphatic carbocycles. The summed E-state index contributed by atoms with van der Waals surface area (Å²) in [6.07, 6.45) is 1.53. The van der Waals surface area contributed by atoms with Crippen LogP contribution in [0.15, 0.2) is 64.9 Å². The van der Waals surface area contributed by atoms with Gasteiger partial charge in [-0.15, -0.1) is 0 Å². The molecule has 1 aliphatic heterocycles. The quantitative estimate of drug-likeness (QED) is 0.167. The monoisotopic (exact) mass is 617 g/mol. The van der Waals surface area contributed by atoms with Crippen molar-refractivity contribution in [2.24, 2.45) is 5.10 Å². The molecule has 2 aromatic carbocycles. The number of aryl methyl sites for hydroxylation is 1. The van der Waals surface area contributed by atoms with E-state index < -0.39 is 29.9 Å². The van der Waals surface area contributed by atoms with Crippen LogP contribution < -0.4 is 25.5 Å². The molecule has 1 atom stereocenters. The average molecular weight is 618 g/mol. The van der Waals surface area contributed by atoms with Gasteiger partial charge in [0.15, 0.2) is 18.1 Å². The Labute approximate surface area is 260 Å². The van der Waals surface area contributed by atoms with Crippen LogP contribution >= 0.6 is 0 Å². The molecule has 0 saturated carbocycles. The fourth-order valence-electron chi connectivity index (χ4n) is 4.96. The van der Waals surface area contributed by atoms with Crippen LogP contribution in [0.25, 0.3) is 5.69 Å². The maximum Gasteiger partial charge on any atom is 0.338 e. The first-order chi connectivity index (χ1) is 21.6. The number of nitrogens with one attached hydrogen (secondary N) is 3. The highest BCUT2D eigenvalue weighted by Gasteiger charge is 2.32. The van der Waals surface area contributed by atoms with Crippen LogP contribution in [-0.2, 0) is 19.1 Å². The summed E-state index contributed by atoms with van der Waals surface area (Å²) in [6.45, 7) is 6.97. The summed E-state index contributed by atoms with van der Waals surface area (Å²) in [4.78, 5) is 49.3. The van der Waals surface area contributed by atoms with Gasteiger partial charge in [-0.05, 0) is 69.7 Å². The van der Waals surface area contributed by atoms with Gasteiger partial charge in [0.1, 0.15) is 0 Å². The van der Waals surface area contributed by atoms with Crippen molar-refractivity contribution in [1.82, 2.24) is 20.6 Å². The summed E-state index contributed by atoms with van der Waals surface area (Å²) in [5.41, 5.74) is 7.41. The largest absolute Gasteiger partial charge is 0.493 e. The maximum atomic E-state index is 12.6. The third-order valence-electron chi connectivity index (χ3n) is 7.03. The smallest absolute Gasteiger partial charge is 0.338 e. The molecule has 13 heteroatoms. The maximum absolute atomic E-state index is 12.6. The molecule has 13 nitrogen and oxygen atoms in total. The van der Waals surface area contributed by atoms with E-state index in [9.17, 15) is 19.2 Å². The Kier molecular flexibility index (Phi) is 10.2. The van der Waals surface area contributed by atoms with Crippen molar-refractivity contribution in [3.63, 3.8) is 0 Å². The number of ether oxygens (including phenoxy) is 4. The van der Waals surface area contributed by atoms with Gasteiger partial charge in [-0.1, -0.05) is 12.1 Å². The molecule has 1 aromatic heterocycles. The fourth-order valence-corrected chi connectivity index (χ4v) is 4.96. The predicted molar refractivity (Wildman–Crippen MR) is 165 cm³/mol. The number of rotatable bonds is 11. The summed E-state index contributed by atoms with van der Waals surface area (Å²) in [6, 6.07) is 12.6. The number of benzene rings is 2. The average Bonchev–Trinajstić information content (AvgIpc) is 3.31. The van der Waals surface area contributed by atoms with Crippen molar-refractivity contribution in [1.29, 1.82) is 0 Å². The fraction of sp³-hybridized carbons (Fsp3) is 0.281. The minimum Gasteiger partial charge on any atom is -0.493 e. The van der Waals surface area contributed by atoms with Crippen molar-refractivity contribution in [3.8, 4) is 17.2 Å². The summed E-state index contributed by atoms with van der Waals surface area (Å²) in [5.74, 6) is -0.924. The molecule has 0 radical (unpaired) electrons. The number of hydrogen-bond donors (Lipinski definition) is 3. The van der Waals surface area contributed by atoms with Crippen LogP contribution in [0.2, 0.25) is 0 Å². The molecule has 1 aliphatic rings. The lowest BCUT2D eigenvalue weighted by Gasteiger charge is -2.28. The molecule has 2 heterocycles. The predicted octanol–water partition coefficient (Wildman–Crippen LogP) is 3.61. The molecule has 0 unspecified atom stereocenters. The third-order valence-corrected chi connectivity index (χ3v) is 7.03. The Morgan fingerprint density at radius 2 is 1.80 bits per heavy atom. The van der Waals surface area contributed by atoms with E-state index in [1.54, 1.807) is 50.2 Å². The van der Waals surface area contributed by atoms with Gasteiger partial charge >= 0.3 is 18.0 Å². The first kappa shape index (κ1) is 32.3. The lowest BCUT2D eigenvalue weighted by atomic mass is 9.95. The first-order valence-corrected chi connectivity index (χ1v) is 14.0. The Bertz CT molecular complexity index is 1690. The SMILES string of the molecule is CCOC(=O)C1=C(C)NC(=O)N[C@@H]1c1ccc(OCC(=O)N/N=C\c2cc(C)n(-c3cccc(C(=O)OC)c3)c2C)c(OC)c1. The standard InChI is InChI=1S/C32H35N5O8/c1-7-44-31(40)28-19(3)34-32(41)35-29(28)21-11-12-25(26(15-21)42-5)45-17-27(38)36-33-16-23-13-18(2)37(20(23)4)24-10-8-9-22(14-24)30(39)43-6/h8-16,29H,7,17H2,1-6H3,(H,36,38)(H2,34,35,41)/b33-16-/t29-/m1/s1. The Morgan fingerprint density at radius 1 is 1.02 bits per heavy atom. The van der Waals surface area contributed by atoms with E-state index in [2.05, 4.69) is 21.2 Å². The highest BCUT2D eigenvalue weighted by Crippen LogP contribution is 2.34. The number of methoxy groups -OCH3 is 2. The minimum absolute atomic E-state index is 0.178. The normalized spacial score (nSPS) is 14.4. The molecule has 0 fully saturated rings. The van der Waals surface area contributed by atoms with Crippen LogP contribution in [0.5, 0.6) is 11.5 Å². The molecule has 4 rings (SSSR count). The highest BCUT2D eigenvalue weighted by molar-refractivity contribution is 5.95. The molecule has 0 spiro atoms. The number of hydrazone groups is 1. The number of allylic oxidation sites excluding steroid dienone is 1. The number of carbonyl (C=O) groups is 4. The Morgan fingerprint density at radius 3 is 2.51 bits per heavy atom. The number of amides is 3. The van der Waals surface area contributed by atoms with E-state index in [1.165, 1.54) is 20.4 Å². The van der Waals surface area contributed by atoms with Gasteiger partial charge in [0.2, 0.25) is 0 Å². The van der Waals surface area contributed by atoms with Crippen molar-refractivity contribution < 1.29 is 38.1 Å². The zero-order valence-corrected chi connectivity index (χ0v) is 25.8. The molecule has 3 aromatic rings. The summed E-state index contributed by atoms with van der Waals surface area (Å²) < 4.78 is 23.1. The van der Waals surface area contributed by atoms with E-state index in [0.717, 1.165) is 22.6 Å². The first-order valence-electron chi connectivity index (χ1n) is 14.0. The van der Waals surface area contributed by atoms with Gasteiger partial charge in [-0.25, -0.2) is 19.8 Å². The zero-order valence-electron chi connectivity index (χ0n) is 25.8. The second kappa shape index (κ2) is 14.3. The molecule has 3 amide bonds.